The molecule has 0 aromatic heterocycles. The minimum Gasteiger partial charge on any atom is -0.466 e. The van der Waals surface area contributed by atoms with Gasteiger partial charge in [-0.15, -0.1) is 0 Å². The summed E-state index contributed by atoms with van der Waals surface area (Å²) < 4.78 is 9.96. The normalized spacial score (nSPS) is 30.6. The molecule has 2 aliphatic carbocycles. The number of Topliss-reactive ketones (excluding diaryl/α,β-unsaturated/α-hetero) is 1. The minimum atomic E-state index is -0.300. The van der Waals surface area contributed by atoms with Gasteiger partial charge < -0.3 is 9.47 Å². The first-order valence-electron chi connectivity index (χ1n) is 6.99. The van der Waals surface area contributed by atoms with Gasteiger partial charge in [-0.25, -0.2) is 0 Å². The van der Waals surface area contributed by atoms with E-state index in [4.69, 9.17) is 9.47 Å². The molecule has 0 amide bonds. The zero-order chi connectivity index (χ0) is 14.7. The number of carbonyl (C=O) groups excluding carboxylic acids is 3. The van der Waals surface area contributed by atoms with Gasteiger partial charge in [-0.05, 0) is 24.7 Å². The van der Waals surface area contributed by atoms with Gasteiger partial charge >= 0.3 is 11.9 Å². The second-order valence-electron chi connectivity index (χ2n) is 5.42. The Morgan fingerprint density at radius 2 is 1.35 bits per heavy atom. The molecule has 0 saturated heterocycles. The quantitative estimate of drug-likeness (QED) is 0.545. The number of rotatable bonds is 6. The summed E-state index contributed by atoms with van der Waals surface area (Å²) in [4.78, 5) is 33.7. The summed E-state index contributed by atoms with van der Waals surface area (Å²) in [5, 5.41) is 0. The molecule has 110 valence electrons. The summed E-state index contributed by atoms with van der Waals surface area (Å²) >= 11 is 0. The Morgan fingerprint density at radius 3 is 1.70 bits per heavy atom. The summed E-state index contributed by atoms with van der Waals surface area (Å²) in [5.41, 5.74) is 0. The van der Waals surface area contributed by atoms with Crippen LogP contribution in [0.2, 0.25) is 0 Å². The SMILES string of the molecule is CC(=O)OCC[C@@H]1[C@@H](CCOC(C)=O)[C@H]2C=C[C@@H]1C2=O. The Kier molecular flexibility index (Phi) is 4.57. The van der Waals surface area contributed by atoms with Gasteiger partial charge in [0.1, 0.15) is 5.78 Å². The lowest BCUT2D eigenvalue weighted by molar-refractivity contribution is -0.143. The van der Waals surface area contributed by atoms with Gasteiger partial charge in [-0.2, -0.15) is 0 Å². The summed E-state index contributed by atoms with van der Waals surface area (Å²) in [6, 6.07) is 0. The van der Waals surface area contributed by atoms with Crippen LogP contribution in [0.4, 0.5) is 0 Å². The molecule has 0 spiro atoms. The van der Waals surface area contributed by atoms with Crippen LogP contribution < -0.4 is 0 Å². The van der Waals surface area contributed by atoms with E-state index >= 15 is 0 Å². The molecule has 1 saturated carbocycles. The summed E-state index contributed by atoms with van der Waals surface area (Å²) in [6.07, 6.45) is 5.30. The summed E-state index contributed by atoms with van der Waals surface area (Å²) in [6.45, 7) is 3.44. The maximum Gasteiger partial charge on any atom is 0.302 e. The van der Waals surface area contributed by atoms with E-state index in [1.54, 1.807) is 0 Å². The maximum atomic E-state index is 12.1. The van der Waals surface area contributed by atoms with E-state index in [0.717, 1.165) is 0 Å². The fourth-order valence-electron chi connectivity index (χ4n) is 3.36. The van der Waals surface area contributed by atoms with Crippen LogP contribution in [0.15, 0.2) is 12.2 Å². The predicted octanol–water partition coefficient (Wildman–Crippen LogP) is 1.51. The van der Waals surface area contributed by atoms with Crippen LogP contribution in [-0.4, -0.2) is 30.9 Å². The number of fused-ring (bicyclic) bond motifs is 2. The van der Waals surface area contributed by atoms with Gasteiger partial charge in [0.2, 0.25) is 0 Å². The molecular weight excluding hydrogens is 260 g/mol. The Hall–Kier alpha value is -1.65. The summed E-state index contributed by atoms with van der Waals surface area (Å²) in [7, 11) is 0. The first kappa shape index (κ1) is 14.8. The number of hydrogen-bond acceptors (Lipinski definition) is 5. The molecule has 20 heavy (non-hydrogen) atoms. The number of ether oxygens (including phenoxy) is 2. The van der Waals surface area contributed by atoms with Crippen molar-refractivity contribution in [3.63, 3.8) is 0 Å². The van der Waals surface area contributed by atoms with Crippen molar-refractivity contribution in [3.8, 4) is 0 Å². The lowest BCUT2D eigenvalue weighted by Gasteiger charge is -2.26. The van der Waals surface area contributed by atoms with Gasteiger partial charge in [-0.1, -0.05) is 12.2 Å². The molecule has 1 fully saturated rings. The van der Waals surface area contributed by atoms with E-state index in [0.29, 0.717) is 26.1 Å². The van der Waals surface area contributed by atoms with Crippen molar-refractivity contribution in [2.24, 2.45) is 23.7 Å². The van der Waals surface area contributed by atoms with Crippen LogP contribution in [-0.2, 0) is 23.9 Å². The highest BCUT2D eigenvalue weighted by atomic mass is 16.5. The van der Waals surface area contributed by atoms with Crippen LogP contribution in [0.5, 0.6) is 0 Å². The second-order valence-corrected chi connectivity index (χ2v) is 5.42. The molecule has 2 bridgehead atoms. The fraction of sp³-hybridized carbons (Fsp3) is 0.667. The number of esters is 2. The Bertz CT molecular complexity index is 402. The predicted molar refractivity (Wildman–Crippen MR) is 70.6 cm³/mol. The largest absolute Gasteiger partial charge is 0.466 e. The van der Waals surface area contributed by atoms with Crippen molar-refractivity contribution in [3.05, 3.63) is 12.2 Å². The zero-order valence-corrected chi connectivity index (χ0v) is 11.8. The monoisotopic (exact) mass is 280 g/mol. The second kappa shape index (κ2) is 6.20. The molecule has 0 aromatic rings. The summed E-state index contributed by atoms with van der Waals surface area (Å²) in [5.74, 6) is -0.0841. The molecule has 5 nitrogen and oxygen atoms in total. The van der Waals surface area contributed by atoms with Gasteiger partial charge in [0.15, 0.2) is 0 Å². The van der Waals surface area contributed by atoms with Gasteiger partial charge in [-0.3, -0.25) is 14.4 Å². The fourth-order valence-corrected chi connectivity index (χ4v) is 3.36. The molecule has 2 rings (SSSR count). The van der Waals surface area contributed by atoms with E-state index in [9.17, 15) is 14.4 Å². The van der Waals surface area contributed by atoms with Crippen LogP contribution in [0, 0.1) is 23.7 Å². The van der Waals surface area contributed by atoms with Crippen molar-refractivity contribution >= 4 is 17.7 Å². The first-order valence-corrected chi connectivity index (χ1v) is 6.99. The average molecular weight is 280 g/mol. The highest BCUT2D eigenvalue weighted by Crippen LogP contribution is 2.48. The molecule has 4 atom stereocenters. The highest BCUT2D eigenvalue weighted by molar-refractivity contribution is 5.92. The minimum absolute atomic E-state index is 0.0575. The van der Waals surface area contributed by atoms with E-state index in [1.165, 1.54) is 13.8 Å². The van der Waals surface area contributed by atoms with Gasteiger partial charge in [0.05, 0.1) is 13.2 Å². The Labute approximate surface area is 118 Å². The van der Waals surface area contributed by atoms with Crippen molar-refractivity contribution in [2.75, 3.05) is 13.2 Å². The highest BCUT2D eigenvalue weighted by Gasteiger charge is 2.50. The topological polar surface area (TPSA) is 69.7 Å². The molecule has 0 unspecified atom stereocenters. The molecule has 0 N–H and O–H groups in total. The third-order valence-corrected chi connectivity index (χ3v) is 4.17. The lowest BCUT2D eigenvalue weighted by atomic mass is 9.79. The molecule has 5 heteroatoms. The van der Waals surface area contributed by atoms with Crippen LogP contribution >= 0.6 is 0 Å². The number of hydrogen-bond donors (Lipinski definition) is 0. The van der Waals surface area contributed by atoms with E-state index in [1.807, 2.05) is 12.2 Å². The molecule has 0 heterocycles. The van der Waals surface area contributed by atoms with Gasteiger partial charge in [0.25, 0.3) is 0 Å². The van der Waals surface area contributed by atoms with E-state index in [2.05, 4.69) is 0 Å². The first-order chi connectivity index (χ1) is 9.50. The van der Waals surface area contributed by atoms with Crippen molar-refractivity contribution in [1.29, 1.82) is 0 Å². The number of allylic oxidation sites excluding steroid dienone is 2. The van der Waals surface area contributed by atoms with Crippen molar-refractivity contribution in [2.45, 2.75) is 26.7 Å². The Morgan fingerprint density at radius 1 is 0.950 bits per heavy atom. The lowest BCUT2D eigenvalue weighted by Crippen LogP contribution is -2.23. The third kappa shape index (κ3) is 3.08. The molecular formula is C15H20O5. The van der Waals surface area contributed by atoms with Gasteiger partial charge in [0, 0.05) is 25.7 Å². The maximum absolute atomic E-state index is 12.1. The van der Waals surface area contributed by atoms with E-state index in [-0.39, 0.29) is 41.4 Å². The molecule has 0 aliphatic heterocycles. The smallest absolute Gasteiger partial charge is 0.302 e. The average Bonchev–Trinajstić information content (AvgIpc) is 2.83. The van der Waals surface area contributed by atoms with Crippen LogP contribution in [0.25, 0.3) is 0 Å². The number of ketones is 1. The Balaban J connectivity index is 1.92. The van der Waals surface area contributed by atoms with Crippen LogP contribution in [0.1, 0.15) is 26.7 Å². The standard InChI is InChI=1S/C15H20O5/c1-9(16)19-7-5-11-12(6-8-20-10(2)17)14-4-3-13(11)15(14)18/h3-4,11-14H,5-8H2,1-2H3/t11-,12-,13-,14+/m1/s1. The molecule has 0 aromatic carbocycles. The molecule has 0 radical (unpaired) electrons. The third-order valence-electron chi connectivity index (χ3n) is 4.17. The zero-order valence-electron chi connectivity index (χ0n) is 11.8. The van der Waals surface area contributed by atoms with Crippen molar-refractivity contribution < 1.29 is 23.9 Å². The van der Waals surface area contributed by atoms with Crippen molar-refractivity contribution in [1.82, 2.24) is 0 Å². The molecule has 2 aliphatic rings. The van der Waals surface area contributed by atoms with Crippen LogP contribution in [0.3, 0.4) is 0 Å². The number of carbonyl (C=O) groups is 3. The van der Waals surface area contributed by atoms with E-state index < -0.39 is 0 Å².